The number of hydrogen-bond acceptors (Lipinski definition) is 1. The molecule has 0 nitrogen and oxygen atoms in total. The van der Waals surface area contributed by atoms with E-state index in [0.717, 1.165) is 5.02 Å². The summed E-state index contributed by atoms with van der Waals surface area (Å²) in [6.45, 7) is 0. The van der Waals surface area contributed by atoms with Gasteiger partial charge in [0.1, 0.15) is 0 Å². The van der Waals surface area contributed by atoms with E-state index in [-0.39, 0.29) is 0 Å². The molecule has 0 aliphatic carbocycles. The molecule has 1 aliphatic rings. The van der Waals surface area contributed by atoms with Gasteiger partial charge in [-0.2, -0.15) is 0 Å². The van der Waals surface area contributed by atoms with Crippen molar-refractivity contribution in [1.29, 1.82) is 0 Å². The molecule has 0 saturated carbocycles. The van der Waals surface area contributed by atoms with Gasteiger partial charge in [-0.1, -0.05) is 46.3 Å². The number of fused-ring (bicyclic) bond motifs is 1. The molecule has 12 heavy (non-hydrogen) atoms. The van der Waals surface area contributed by atoms with Crippen LogP contribution in [0.1, 0.15) is 15.9 Å². The van der Waals surface area contributed by atoms with Crippen molar-refractivity contribution in [2.75, 3.05) is 5.75 Å². The van der Waals surface area contributed by atoms with Crippen LogP contribution in [0, 0.1) is 0 Å². The van der Waals surface area contributed by atoms with E-state index < -0.39 is 0 Å². The lowest BCUT2D eigenvalue weighted by molar-refractivity contribution is 0.896. The summed E-state index contributed by atoms with van der Waals surface area (Å²) in [4.78, 5) is 1.30. The molecule has 0 fully saturated rings. The molecule has 0 bridgehead atoms. The van der Waals surface area contributed by atoms with Gasteiger partial charge in [0.25, 0.3) is 0 Å². The number of thioether (sulfide) groups is 1. The average molecular weight is 311 g/mol. The highest BCUT2D eigenvalue weighted by molar-refractivity contribution is 14.1. The second-order valence-electron chi connectivity index (χ2n) is 2.76. The fraction of sp³-hybridized carbons (Fsp3) is 0.333. The molecule has 0 saturated heterocycles. The Morgan fingerprint density at radius 3 is 3.08 bits per heavy atom. The smallest absolute Gasteiger partial charge is 0.0545 e. The Hall–Kier alpha value is 0.590. The minimum Gasteiger partial charge on any atom is -0.124 e. The monoisotopic (exact) mass is 310 g/mol. The van der Waals surface area contributed by atoms with Crippen molar-refractivity contribution in [2.45, 2.75) is 15.2 Å². The Balaban J connectivity index is 2.52. The van der Waals surface area contributed by atoms with Crippen molar-refractivity contribution >= 4 is 46.0 Å². The maximum Gasteiger partial charge on any atom is 0.0545 e. The molecule has 1 aromatic rings. The van der Waals surface area contributed by atoms with Crippen LogP contribution in [0.15, 0.2) is 23.1 Å². The Bertz CT molecular complexity index is 301. The molecular formula is C9H8ClIS. The van der Waals surface area contributed by atoms with Crippen molar-refractivity contribution in [3.63, 3.8) is 0 Å². The zero-order valence-corrected chi connectivity index (χ0v) is 10.1. The van der Waals surface area contributed by atoms with E-state index in [4.69, 9.17) is 11.6 Å². The first-order valence-corrected chi connectivity index (χ1v) is 6.45. The van der Waals surface area contributed by atoms with Crippen molar-refractivity contribution < 1.29 is 0 Å². The van der Waals surface area contributed by atoms with E-state index in [0.29, 0.717) is 3.92 Å². The molecule has 1 aromatic carbocycles. The molecule has 3 heteroatoms. The third-order valence-electron chi connectivity index (χ3n) is 1.95. The lowest BCUT2D eigenvalue weighted by Crippen LogP contribution is -2.01. The highest BCUT2D eigenvalue weighted by Gasteiger charge is 2.19. The van der Waals surface area contributed by atoms with Crippen LogP contribution >= 0.6 is 46.0 Å². The summed E-state index contributed by atoms with van der Waals surface area (Å²) >= 11 is 10.5. The van der Waals surface area contributed by atoms with Crippen LogP contribution in [-0.2, 0) is 0 Å². The van der Waals surface area contributed by atoms with E-state index in [2.05, 4.69) is 28.7 Å². The fourth-order valence-electron chi connectivity index (χ4n) is 1.34. The molecule has 0 N–H and O–H groups in total. The molecule has 0 radical (unpaired) electrons. The van der Waals surface area contributed by atoms with Gasteiger partial charge in [0.05, 0.1) is 5.02 Å². The standard InChI is InChI=1S/C9H8ClIS/c10-7-3-1-2-6-8(11)4-5-12-9(6)7/h1-3,8H,4-5H2. The van der Waals surface area contributed by atoms with Gasteiger partial charge in [-0.05, 0) is 23.8 Å². The van der Waals surface area contributed by atoms with Crippen molar-refractivity contribution in [3.05, 3.63) is 28.8 Å². The first kappa shape index (κ1) is 9.16. The van der Waals surface area contributed by atoms with Crippen molar-refractivity contribution in [3.8, 4) is 0 Å². The van der Waals surface area contributed by atoms with Crippen LogP contribution in [0.2, 0.25) is 5.02 Å². The van der Waals surface area contributed by atoms with E-state index in [1.165, 1.54) is 22.6 Å². The minimum atomic E-state index is 0.651. The Morgan fingerprint density at radius 2 is 2.33 bits per heavy atom. The molecule has 0 spiro atoms. The summed E-state index contributed by atoms with van der Waals surface area (Å²) in [6, 6.07) is 6.20. The molecule has 2 rings (SSSR count). The van der Waals surface area contributed by atoms with E-state index in [9.17, 15) is 0 Å². The molecule has 1 atom stereocenters. The first-order chi connectivity index (χ1) is 5.79. The number of benzene rings is 1. The van der Waals surface area contributed by atoms with Crippen LogP contribution in [0.5, 0.6) is 0 Å². The quantitative estimate of drug-likeness (QED) is 0.508. The van der Waals surface area contributed by atoms with Gasteiger partial charge in [-0.3, -0.25) is 0 Å². The van der Waals surface area contributed by atoms with E-state index in [1.807, 2.05) is 23.9 Å². The average Bonchev–Trinajstić information content (AvgIpc) is 2.07. The van der Waals surface area contributed by atoms with Crippen molar-refractivity contribution in [2.24, 2.45) is 0 Å². The largest absolute Gasteiger partial charge is 0.124 e. The second kappa shape index (κ2) is 3.76. The van der Waals surface area contributed by atoms with Crippen molar-refractivity contribution in [1.82, 2.24) is 0 Å². The Labute approximate surface area is 95.2 Å². The molecule has 0 amide bonds. The number of alkyl halides is 1. The molecule has 64 valence electrons. The summed E-state index contributed by atoms with van der Waals surface area (Å²) < 4.78 is 0.651. The lowest BCUT2D eigenvalue weighted by atomic mass is 10.1. The van der Waals surface area contributed by atoms with Gasteiger partial charge in [-0.15, -0.1) is 11.8 Å². The number of hydrogen-bond donors (Lipinski definition) is 0. The topological polar surface area (TPSA) is 0 Å². The molecule has 1 aliphatic heterocycles. The van der Waals surface area contributed by atoms with Crippen LogP contribution in [0.4, 0.5) is 0 Å². The third-order valence-corrected chi connectivity index (χ3v) is 4.86. The van der Waals surface area contributed by atoms with Crippen LogP contribution in [0.25, 0.3) is 0 Å². The van der Waals surface area contributed by atoms with Gasteiger partial charge < -0.3 is 0 Å². The van der Waals surface area contributed by atoms with E-state index >= 15 is 0 Å². The van der Waals surface area contributed by atoms with Gasteiger partial charge in [0, 0.05) is 8.82 Å². The zero-order valence-electron chi connectivity index (χ0n) is 6.39. The predicted octanol–water partition coefficient (Wildman–Crippen LogP) is 4.31. The maximum atomic E-state index is 6.08. The molecule has 1 heterocycles. The molecule has 0 aromatic heterocycles. The summed E-state index contributed by atoms with van der Waals surface area (Å²) in [5, 5.41) is 0.916. The zero-order chi connectivity index (χ0) is 8.55. The molecular weight excluding hydrogens is 303 g/mol. The summed E-state index contributed by atoms with van der Waals surface area (Å²) in [5.41, 5.74) is 1.42. The summed E-state index contributed by atoms with van der Waals surface area (Å²) in [7, 11) is 0. The van der Waals surface area contributed by atoms with Crippen LogP contribution < -0.4 is 0 Å². The van der Waals surface area contributed by atoms with Gasteiger partial charge in [-0.25, -0.2) is 0 Å². The maximum absolute atomic E-state index is 6.08. The first-order valence-electron chi connectivity index (χ1n) is 3.84. The number of rotatable bonds is 0. The second-order valence-corrected chi connectivity index (χ2v) is 5.78. The van der Waals surface area contributed by atoms with Gasteiger partial charge in [0.15, 0.2) is 0 Å². The van der Waals surface area contributed by atoms with Gasteiger partial charge >= 0.3 is 0 Å². The van der Waals surface area contributed by atoms with E-state index in [1.54, 1.807) is 0 Å². The Morgan fingerprint density at radius 1 is 1.50 bits per heavy atom. The normalized spacial score (nSPS) is 22.0. The Kier molecular flexibility index (Phi) is 2.87. The van der Waals surface area contributed by atoms with Crippen LogP contribution in [0.3, 0.4) is 0 Å². The van der Waals surface area contributed by atoms with Crippen LogP contribution in [-0.4, -0.2) is 5.75 Å². The third kappa shape index (κ3) is 1.61. The summed E-state index contributed by atoms with van der Waals surface area (Å²) in [5.74, 6) is 1.20. The predicted molar refractivity (Wildman–Crippen MR) is 63.6 cm³/mol. The number of halogens is 2. The SMILES string of the molecule is Clc1cccc2c1SCCC2I. The highest BCUT2D eigenvalue weighted by atomic mass is 127. The fourth-order valence-corrected chi connectivity index (χ4v) is 4.29. The molecule has 1 unspecified atom stereocenters. The minimum absolute atomic E-state index is 0.651. The lowest BCUT2D eigenvalue weighted by Gasteiger charge is -2.20. The summed E-state index contributed by atoms with van der Waals surface area (Å²) in [6.07, 6.45) is 1.26. The highest BCUT2D eigenvalue weighted by Crippen LogP contribution is 2.44. The van der Waals surface area contributed by atoms with Gasteiger partial charge in [0.2, 0.25) is 0 Å².